The van der Waals surface area contributed by atoms with E-state index in [1.807, 2.05) is 26.8 Å². The first kappa shape index (κ1) is 22.4. The number of aryl methyl sites for hydroxylation is 1. The molecular formula is C21H23F2N5O2S. The van der Waals surface area contributed by atoms with Crippen molar-refractivity contribution in [2.45, 2.75) is 25.7 Å². The minimum absolute atomic E-state index is 0.197. The van der Waals surface area contributed by atoms with Crippen molar-refractivity contribution in [1.29, 1.82) is 0 Å². The molecule has 3 aromatic rings. The zero-order valence-electron chi connectivity index (χ0n) is 17.4. The Bertz CT molecular complexity index is 1170. The first-order valence-corrected chi connectivity index (χ1v) is 11.2. The maximum atomic E-state index is 13.8. The number of nitrogens with zero attached hydrogens (tertiary/aromatic N) is 3. The highest BCUT2D eigenvalue weighted by atomic mass is 32.2. The van der Waals surface area contributed by atoms with Gasteiger partial charge in [0.05, 0.1) is 0 Å². The number of anilines is 4. The molecule has 2 N–H and O–H groups in total. The molecule has 1 heterocycles. The Morgan fingerprint density at radius 3 is 2.23 bits per heavy atom. The summed E-state index contributed by atoms with van der Waals surface area (Å²) in [6, 6.07) is 10.4. The Morgan fingerprint density at radius 2 is 1.58 bits per heavy atom. The van der Waals surface area contributed by atoms with Gasteiger partial charge in [0.25, 0.3) is 10.0 Å². The highest BCUT2D eigenvalue weighted by Gasteiger charge is 2.20. The number of halogens is 2. The normalized spacial score (nSPS) is 11.3. The first-order valence-electron chi connectivity index (χ1n) is 9.67. The molecule has 1 aromatic heterocycles. The number of hydrogen-bond acceptors (Lipinski definition) is 6. The Labute approximate surface area is 180 Å². The first-order chi connectivity index (χ1) is 14.7. The van der Waals surface area contributed by atoms with Gasteiger partial charge in [-0.1, -0.05) is 0 Å². The van der Waals surface area contributed by atoms with E-state index in [1.54, 1.807) is 12.1 Å². The minimum atomic E-state index is -4.28. The summed E-state index contributed by atoms with van der Waals surface area (Å²) in [5.41, 5.74) is 1.64. The Kier molecular flexibility index (Phi) is 6.69. The molecule has 0 aliphatic rings. The van der Waals surface area contributed by atoms with Crippen LogP contribution < -0.4 is 14.9 Å². The van der Waals surface area contributed by atoms with E-state index in [1.165, 1.54) is 12.1 Å². The van der Waals surface area contributed by atoms with Crippen molar-refractivity contribution in [3.8, 4) is 0 Å². The predicted octanol–water partition coefficient (Wildman–Crippen LogP) is 4.45. The highest BCUT2D eigenvalue weighted by molar-refractivity contribution is 7.92. The summed E-state index contributed by atoms with van der Waals surface area (Å²) < 4.78 is 54.2. The lowest BCUT2D eigenvalue weighted by atomic mass is 10.3. The molecule has 0 aliphatic carbocycles. The summed E-state index contributed by atoms with van der Waals surface area (Å²) in [5, 5.41) is 3.09. The van der Waals surface area contributed by atoms with Crippen LogP contribution in [0.15, 0.2) is 53.4 Å². The molecule has 0 spiro atoms. The molecule has 0 saturated heterocycles. The fourth-order valence-corrected chi connectivity index (χ4v) is 4.11. The second kappa shape index (κ2) is 9.25. The third-order valence-corrected chi connectivity index (χ3v) is 5.90. The predicted molar refractivity (Wildman–Crippen MR) is 117 cm³/mol. The van der Waals surface area contributed by atoms with Crippen molar-refractivity contribution < 1.29 is 17.2 Å². The van der Waals surface area contributed by atoms with Gasteiger partial charge in [-0.15, -0.1) is 0 Å². The van der Waals surface area contributed by atoms with Crippen LogP contribution >= 0.6 is 0 Å². The molecule has 0 fully saturated rings. The summed E-state index contributed by atoms with van der Waals surface area (Å²) in [6.07, 6.45) is 0. The van der Waals surface area contributed by atoms with E-state index in [-0.39, 0.29) is 5.69 Å². The molecule has 0 aliphatic heterocycles. The van der Waals surface area contributed by atoms with Crippen LogP contribution in [0.5, 0.6) is 0 Å². The van der Waals surface area contributed by atoms with Crippen LogP contribution in [-0.2, 0) is 10.0 Å². The van der Waals surface area contributed by atoms with Gasteiger partial charge in [0.1, 0.15) is 22.3 Å². The molecular weight excluding hydrogens is 424 g/mol. The van der Waals surface area contributed by atoms with Gasteiger partial charge >= 0.3 is 0 Å². The topological polar surface area (TPSA) is 87.2 Å². The Morgan fingerprint density at radius 1 is 0.935 bits per heavy atom. The smallest absolute Gasteiger partial charge is 0.264 e. The lowest BCUT2D eigenvalue weighted by Gasteiger charge is -2.20. The van der Waals surface area contributed by atoms with E-state index >= 15 is 0 Å². The van der Waals surface area contributed by atoms with Crippen molar-refractivity contribution in [3.63, 3.8) is 0 Å². The van der Waals surface area contributed by atoms with E-state index in [4.69, 9.17) is 0 Å². The van der Waals surface area contributed by atoms with E-state index in [0.717, 1.165) is 36.7 Å². The van der Waals surface area contributed by atoms with Crippen LogP contribution in [0.2, 0.25) is 0 Å². The Hall–Kier alpha value is -3.27. The summed E-state index contributed by atoms with van der Waals surface area (Å²) in [6.45, 7) is 7.59. The second-order valence-corrected chi connectivity index (χ2v) is 8.40. The minimum Gasteiger partial charge on any atom is -0.357 e. The fraction of sp³-hybridized carbons (Fsp3) is 0.238. The van der Waals surface area contributed by atoms with E-state index in [0.29, 0.717) is 17.7 Å². The van der Waals surface area contributed by atoms with Crippen molar-refractivity contribution in [1.82, 2.24) is 9.97 Å². The molecule has 0 saturated carbocycles. The molecule has 0 unspecified atom stereocenters. The average molecular weight is 448 g/mol. The summed E-state index contributed by atoms with van der Waals surface area (Å²) in [4.78, 5) is 10.3. The van der Waals surface area contributed by atoms with Crippen molar-refractivity contribution in [2.75, 3.05) is 28.0 Å². The fourth-order valence-electron chi connectivity index (χ4n) is 2.96. The number of rotatable bonds is 8. The molecule has 2 aromatic carbocycles. The van der Waals surface area contributed by atoms with Crippen molar-refractivity contribution in [3.05, 3.63) is 65.9 Å². The molecule has 31 heavy (non-hydrogen) atoms. The van der Waals surface area contributed by atoms with Crippen LogP contribution in [0.3, 0.4) is 0 Å². The number of aromatic nitrogens is 2. The lowest BCUT2D eigenvalue weighted by molar-refractivity contribution is 0.555. The average Bonchev–Trinajstić information content (AvgIpc) is 2.71. The van der Waals surface area contributed by atoms with Crippen LogP contribution in [0.1, 0.15) is 19.5 Å². The van der Waals surface area contributed by atoms with E-state index in [9.17, 15) is 17.2 Å². The number of benzene rings is 2. The van der Waals surface area contributed by atoms with Crippen LogP contribution in [0.4, 0.5) is 31.9 Å². The standard InChI is InChI=1S/C21H23F2N5O2S/c1-4-28(5-2)20-12-14(3)24-21(26-20)25-16-7-9-17(10-8-16)27-31(29,30)19-13-15(22)6-11-18(19)23/h6-13,27H,4-5H2,1-3H3,(H,24,25,26). The molecule has 0 atom stereocenters. The van der Waals surface area contributed by atoms with Crippen LogP contribution in [0, 0.1) is 18.6 Å². The summed E-state index contributed by atoms with van der Waals surface area (Å²) in [5.74, 6) is -0.657. The number of hydrogen-bond donors (Lipinski definition) is 2. The van der Waals surface area contributed by atoms with Gasteiger partial charge in [0.2, 0.25) is 5.95 Å². The van der Waals surface area contributed by atoms with Gasteiger partial charge in [-0.2, -0.15) is 4.98 Å². The largest absolute Gasteiger partial charge is 0.357 e. The SMILES string of the molecule is CCN(CC)c1cc(C)nc(Nc2ccc(NS(=O)(=O)c3cc(F)ccc3F)cc2)n1. The third kappa shape index (κ3) is 5.46. The quantitative estimate of drug-likeness (QED) is 0.530. The van der Waals surface area contributed by atoms with Crippen LogP contribution in [-0.4, -0.2) is 31.5 Å². The van der Waals surface area contributed by atoms with Gasteiger partial charge in [0, 0.05) is 36.2 Å². The van der Waals surface area contributed by atoms with Gasteiger partial charge in [-0.05, 0) is 63.2 Å². The molecule has 164 valence electrons. The third-order valence-electron chi connectivity index (χ3n) is 4.50. The molecule has 0 radical (unpaired) electrons. The monoisotopic (exact) mass is 447 g/mol. The lowest BCUT2D eigenvalue weighted by Crippen LogP contribution is -2.23. The zero-order chi connectivity index (χ0) is 22.6. The molecule has 0 amide bonds. The highest BCUT2D eigenvalue weighted by Crippen LogP contribution is 2.23. The molecule has 3 rings (SSSR count). The number of sulfonamides is 1. The maximum Gasteiger partial charge on any atom is 0.264 e. The summed E-state index contributed by atoms with van der Waals surface area (Å²) >= 11 is 0. The maximum absolute atomic E-state index is 13.8. The van der Waals surface area contributed by atoms with E-state index in [2.05, 4.69) is 24.9 Å². The van der Waals surface area contributed by atoms with Gasteiger partial charge in [0.15, 0.2) is 0 Å². The van der Waals surface area contributed by atoms with Crippen LogP contribution in [0.25, 0.3) is 0 Å². The van der Waals surface area contributed by atoms with Crippen molar-refractivity contribution in [2.24, 2.45) is 0 Å². The molecule has 7 nitrogen and oxygen atoms in total. The van der Waals surface area contributed by atoms with Gasteiger partial charge in [-0.25, -0.2) is 22.2 Å². The molecule has 0 bridgehead atoms. The van der Waals surface area contributed by atoms with Gasteiger partial charge < -0.3 is 10.2 Å². The Balaban J connectivity index is 1.77. The molecule has 10 heteroatoms. The summed E-state index contributed by atoms with van der Waals surface area (Å²) in [7, 11) is -4.28. The zero-order valence-corrected chi connectivity index (χ0v) is 18.2. The van der Waals surface area contributed by atoms with E-state index < -0.39 is 26.6 Å². The second-order valence-electron chi connectivity index (χ2n) is 6.75. The number of nitrogens with one attached hydrogen (secondary N) is 2. The van der Waals surface area contributed by atoms with Gasteiger partial charge in [-0.3, -0.25) is 4.72 Å². The van der Waals surface area contributed by atoms with Crippen molar-refractivity contribution >= 4 is 33.2 Å².